The Morgan fingerprint density at radius 1 is 1.34 bits per heavy atom. The van der Waals surface area contributed by atoms with Crippen LogP contribution in [0.2, 0.25) is 0 Å². The second-order valence-corrected chi connectivity index (χ2v) is 6.25. The van der Waals surface area contributed by atoms with E-state index in [9.17, 15) is 19.7 Å². The highest BCUT2D eigenvalue weighted by atomic mass is 32.1. The summed E-state index contributed by atoms with van der Waals surface area (Å²) in [5, 5.41) is 13.5. The fourth-order valence-electron chi connectivity index (χ4n) is 2.71. The number of furan rings is 1. The second kappa shape index (κ2) is 8.07. The highest BCUT2D eigenvalue weighted by Gasteiger charge is 2.33. The van der Waals surface area contributed by atoms with E-state index in [4.69, 9.17) is 21.4 Å². The first-order valence-corrected chi connectivity index (χ1v) is 8.69. The number of hydrogen-bond acceptors (Lipinski definition) is 7. The fraction of sp³-hybridized carbons (Fsp3) is 0.105. The number of carbonyl (C=O) groups excluding carboxylic acids is 2. The minimum atomic E-state index is -0.647. The van der Waals surface area contributed by atoms with Crippen molar-refractivity contribution in [1.82, 2.24) is 10.2 Å². The molecule has 0 radical (unpaired) electrons. The average molecular weight is 413 g/mol. The molecule has 2 heterocycles. The van der Waals surface area contributed by atoms with E-state index >= 15 is 0 Å². The van der Waals surface area contributed by atoms with Crippen molar-refractivity contribution in [3.8, 4) is 17.1 Å². The van der Waals surface area contributed by atoms with Gasteiger partial charge in [-0.2, -0.15) is 0 Å². The van der Waals surface area contributed by atoms with Gasteiger partial charge in [-0.25, -0.2) is 0 Å². The lowest BCUT2D eigenvalue weighted by Crippen LogP contribution is -2.53. The molecule has 0 unspecified atom stereocenters. The van der Waals surface area contributed by atoms with Crippen molar-refractivity contribution in [2.45, 2.75) is 0 Å². The number of nitro groups is 1. The van der Waals surface area contributed by atoms with Crippen LogP contribution in [0.1, 0.15) is 5.76 Å². The van der Waals surface area contributed by atoms with Gasteiger partial charge < -0.3 is 9.15 Å². The first kappa shape index (κ1) is 20.0. The summed E-state index contributed by atoms with van der Waals surface area (Å²) in [6, 6.07) is 7.19. The minimum Gasteiger partial charge on any atom is -0.496 e. The molecule has 0 spiro atoms. The number of methoxy groups -OCH3 is 1. The SMILES string of the molecule is C=CCN1C(=O)C(=Cc2ccc(-c3cc([N+](=O)[O-])ccc3OC)o2)C(=O)NC1=S. The van der Waals surface area contributed by atoms with E-state index in [1.807, 2.05) is 0 Å². The predicted octanol–water partition coefficient (Wildman–Crippen LogP) is 2.68. The van der Waals surface area contributed by atoms with Gasteiger partial charge in [0.15, 0.2) is 5.11 Å². The smallest absolute Gasteiger partial charge is 0.270 e. The van der Waals surface area contributed by atoms with Crippen molar-refractivity contribution in [2.75, 3.05) is 13.7 Å². The van der Waals surface area contributed by atoms with Crippen molar-refractivity contribution < 1.29 is 23.7 Å². The summed E-state index contributed by atoms with van der Waals surface area (Å²) in [6.45, 7) is 3.70. The van der Waals surface area contributed by atoms with Crippen LogP contribution in [0, 0.1) is 10.1 Å². The summed E-state index contributed by atoms with van der Waals surface area (Å²) in [7, 11) is 1.43. The molecule has 1 N–H and O–H groups in total. The molecular weight excluding hydrogens is 398 g/mol. The number of nitrogens with zero attached hydrogens (tertiary/aromatic N) is 2. The summed E-state index contributed by atoms with van der Waals surface area (Å²) in [4.78, 5) is 36.5. The lowest BCUT2D eigenvalue weighted by molar-refractivity contribution is -0.384. The molecule has 1 aliphatic heterocycles. The molecule has 3 rings (SSSR count). The third kappa shape index (κ3) is 3.92. The van der Waals surface area contributed by atoms with Crippen molar-refractivity contribution >= 4 is 40.9 Å². The number of ether oxygens (including phenoxy) is 1. The van der Waals surface area contributed by atoms with Crippen LogP contribution in [0.5, 0.6) is 5.75 Å². The normalized spacial score (nSPS) is 15.4. The summed E-state index contributed by atoms with van der Waals surface area (Å²) in [5.74, 6) is -0.369. The molecule has 1 aromatic heterocycles. The number of amides is 2. The standard InChI is InChI=1S/C19H15N3O6S/c1-3-8-21-18(24)14(17(23)20-19(21)29)10-12-5-7-16(28-12)13-9-11(22(25)26)4-6-15(13)27-2/h3-7,9-10H,1,8H2,2H3,(H,20,23,29). The van der Waals surface area contributed by atoms with Gasteiger partial charge in [0, 0.05) is 18.7 Å². The largest absolute Gasteiger partial charge is 0.496 e. The summed E-state index contributed by atoms with van der Waals surface area (Å²) < 4.78 is 10.9. The van der Waals surface area contributed by atoms with Gasteiger partial charge in [0.25, 0.3) is 17.5 Å². The molecule has 2 amide bonds. The Hall–Kier alpha value is -3.79. The maximum atomic E-state index is 12.6. The molecule has 1 fully saturated rings. The first-order valence-electron chi connectivity index (χ1n) is 8.28. The lowest BCUT2D eigenvalue weighted by Gasteiger charge is -2.27. The van der Waals surface area contributed by atoms with Crippen molar-refractivity contribution in [3.05, 3.63) is 64.4 Å². The Morgan fingerprint density at radius 3 is 2.76 bits per heavy atom. The number of hydrogen-bond donors (Lipinski definition) is 1. The van der Waals surface area contributed by atoms with Crippen LogP contribution in [0.3, 0.4) is 0 Å². The maximum Gasteiger partial charge on any atom is 0.270 e. The van der Waals surface area contributed by atoms with Gasteiger partial charge in [-0.15, -0.1) is 6.58 Å². The van der Waals surface area contributed by atoms with Crippen LogP contribution in [0.25, 0.3) is 17.4 Å². The van der Waals surface area contributed by atoms with E-state index in [1.54, 1.807) is 6.07 Å². The highest BCUT2D eigenvalue weighted by molar-refractivity contribution is 7.80. The van der Waals surface area contributed by atoms with Crippen LogP contribution < -0.4 is 10.1 Å². The Morgan fingerprint density at radius 2 is 2.10 bits per heavy atom. The third-order valence-corrected chi connectivity index (χ3v) is 4.39. The Kier molecular flexibility index (Phi) is 5.55. The van der Waals surface area contributed by atoms with Crippen LogP contribution in [0.15, 0.2) is 53.0 Å². The molecule has 9 nitrogen and oxygen atoms in total. The molecule has 10 heteroatoms. The number of nitro benzene ring substituents is 1. The molecule has 1 saturated heterocycles. The van der Waals surface area contributed by atoms with Gasteiger partial charge in [-0.1, -0.05) is 6.08 Å². The van der Waals surface area contributed by atoms with Gasteiger partial charge >= 0.3 is 0 Å². The van der Waals surface area contributed by atoms with Gasteiger partial charge in [-0.05, 0) is 36.5 Å². The summed E-state index contributed by atoms with van der Waals surface area (Å²) in [5.41, 5.74) is 0.0695. The molecule has 1 aliphatic rings. The summed E-state index contributed by atoms with van der Waals surface area (Å²) in [6.07, 6.45) is 2.77. The summed E-state index contributed by atoms with van der Waals surface area (Å²) >= 11 is 5.00. The molecule has 29 heavy (non-hydrogen) atoms. The zero-order chi connectivity index (χ0) is 21.1. The molecule has 0 atom stereocenters. The van der Waals surface area contributed by atoms with Gasteiger partial charge in [0.05, 0.1) is 17.6 Å². The van der Waals surface area contributed by atoms with Crippen molar-refractivity contribution in [1.29, 1.82) is 0 Å². The van der Waals surface area contributed by atoms with Gasteiger partial charge in [0.2, 0.25) is 0 Å². The van der Waals surface area contributed by atoms with E-state index in [-0.39, 0.29) is 34.4 Å². The first-order chi connectivity index (χ1) is 13.8. The van der Waals surface area contributed by atoms with Crippen molar-refractivity contribution in [3.63, 3.8) is 0 Å². The topological polar surface area (TPSA) is 115 Å². The van der Waals surface area contributed by atoms with Gasteiger partial charge in [0.1, 0.15) is 22.8 Å². The molecule has 148 valence electrons. The molecule has 0 bridgehead atoms. The van der Waals surface area contributed by atoms with Crippen LogP contribution in [-0.2, 0) is 9.59 Å². The zero-order valence-corrected chi connectivity index (χ0v) is 16.0. The van der Waals surface area contributed by atoms with E-state index in [1.165, 1.54) is 48.4 Å². The number of benzene rings is 1. The van der Waals surface area contributed by atoms with E-state index in [0.717, 1.165) is 0 Å². The molecule has 0 saturated carbocycles. The average Bonchev–Trinajstić information content (AvgIpc) is 3.16. The van der Waals surface area contributed by atoms with E-state index in [2.05, 4.69) is 11.9 Å². The quantitative estimate of drug-likeness (QED) is 0.193. The minimum absolute atomic E-state index is 0.00137. The Labute approximate surface area is 170 Å². The van der Waals surface area contributed by atoms with Crippen LogP contribution in [0.4, 0.5) is 5.69 Å². The molecule has 1 aromatic carbocycles. The molecule has 0 aliphatic carbocycles. The maximum absolute atomic E-state index is 12.6. The third-order valence-electron chi connectivity index (χ3n) is 4.07. The monoisotopic (exact) mass is 413 g/mol. The van der Waals surface area contributed by atoms with E-state index in [0.29, 0.717) is 11.3 Å². The van der Waals surface area contributed by atoms with Crippen LogP contribution in [-0.4, -0.2) is 40.4 Å². The fourth-order valence-corrected chi connectivity index (χ4v) is 2.96. The Balaban J connectivity index is 1.98. The number of non-ortho nitro benzene ring substituents is 1. The van der Waals surface area contributed by atoms with Crippen LogP contribution >= 0.6 is 12.2 Å². The number of rotatable bonds is 6. The number of carbonyl (C=O) groups is 2. The number of nitrogens with one attached hydrogen (secondary N) is 1. The van der Waals surface area contributed by atoms with Crippen molar-refractivity contribution in [2.24, 2.45) is 0 Å². The number of thiocarbonyl (C=S) groups is 1. The van der Waals surface area contributed by atoms with E-state index < -0.39 is 16.7 Å². The molecular formula is C19H15N3O6S. The molecule has 2 aromatic rings. The zero-order valence-electron chi connectivity index (χ0n) is 15.2. The predicted molar refractivity (Wildman–Crippen MR) is 108 cm³/mol. The highest BCUT2D eigenvalue weighted by Crippen LogP contribution is 2.34. The lowest BCUT2D eigenvalue weighted by atomic mass is 10.1. The second-order valence-electron chi connectivity index (χ2n) is 5.87. The Bertz CT molecular complexity index is 1070. The van der Waals surface area contributed by atoms with Gasteiger partial charge in [-0.3, -0.25) is 29.9 Å².